The monoisotopic (exact) mass is 443 g/mol. The summed E-state index contributed by atoms with van der Waals surface area (Å²) < 4.78 is 3.36. The second-order valence-electron chi connectivity index (χ2n) is 7.97. The number of tetrazole rings is 1. The molecule has 0 fully saturated rings. The Morgan fingerprint density at radius 3 is 2.52 bits per heavy atom. The van der Waals surface area contributed by atoms with Gasteiger partial charge in [-0.2, -0.15) is 10.3 Å². The third-order valence-electron chi connectivity index (χ3n) is 5.64. The van der Waals surface area contributed by atoms with E-state index in [-0.39, 0.29) is 5.69 Å². The van der Waals surface area contributed by atoms with E-state index in [1.54, 1.807) is 9.25 Å². The molecule has 0 saturated carbocycles. The molecule has 0 aliphatic heterocycles. The molecular weight excluding hydrogens is 414 g/mol. The minimum atomic E-state index is -0.0638. The van der Waals surface area contributed by atoms with Crippen LogP contribution >= 0.6 is 0 Å². The third-order valence-corrected chi connectivity index (χ3v) is 5.64. The molecule has 1 N–H and O–H groups in total. The minimum absolute atomic E-state index is 0.0638. The van der Waals surface area contributed by atoms with Crippen LogP contribution in [0.2, 0.25) is 0 Å². The molecule has 2 heterocycles. The number of aromatic nitrogens is 7. The summed E-state index contributed by atoms with van der Waals surface area (Å²) in [4.78, 5) is 13.0. The summed E-state index contributed by atoms with van der Waals surface area (Å²) in [5.74, 6) is 1.41. The molecule has 2 aromatic carbocycles. The second kappa shape index (κ2) is 10.7. The lowest BCUT2D eigenvalue weighted by atomic mass is 9.98. The molecule has 0 bridgehead atoms. The van der Waals surface area contributed by atoms with Crippen molar-refractivity contribution < 1.29 is 0 Å². The molecule has 0 unspecified atom stereocenters. The van der Waals surface area contributed by atoms with Crippen LogP contribution < -0.4 is 5.69 Å². The maximum Gasteiger partial charge on any atom is 0.346 e. The van der Waals surface area contributed by atoms with Crippen molar-refractivity contribution in [2.75, 3.05) is 0 Å². The van der Waals surface area contributed by atoms with Crippen molar-refractivity contribution in [2.24, 2.45) is 0 Å². The number of allylic oxidation sites excluding steroid dienone is 2. The van der Waals surface area contributed by atoms with Gasteiger partial charge >= 0.3 is 5.69 Å². The van der Waals surface area contributed by atoms with Crippen LogP contribution in [0.5, 0.6) is 0 Å². The average Bonchev–Trinajstić information content (AvgIpc) is 3.48. The quantitative estimate of drug-likeness (QED) is 0.292. The Labute approximate surface area is 193 Å². The molecule has 0 aliphatic rings. The molecule has 8 nitrogen and oxygen atoms in total. The van der Waals surface area contributed by atoms with Crippen molar-refractivity contribution in [3.05, 3.63) is 82.6 Å². The first-order valence-corrected chi connectivity index (χ1v) is 11.4. The van der Waals surface area contributed by atoms with E-state index in [2.05, 4.69) is 56.9 Å². The predicted molar refractivity (Wildman–Crippen MR) is 129 cm³/mol. The highest BCUT2D eigenvalue weighted by Crippen LogP contribution is 2.29. The number of aryl methyl sites for hydroxylation is 1. The third kappa shape index (κ3) is 5.16. The van der Waals surface area contributed by atoms with E-state index in [0.29, 0.717) is 18.9 Å². The summed E-state index contributed by atoms with van der Waals surface area (Å²) in [5, 5.41) is 19.0. The highest BCUT2D eigenvalue weighted by atomic mass is 16.2. The summed E-state index contributed by atoms with van der Waals surface area (Å²) >= 11 is 0. The molecule has 0 radical (unpaired) electrons. The molecule has 0 aliphatic carbocycles. The van der Waals surface area contributed by atoms with Crippen LogP contribution in [0.3, 0.4) is 0 Å². The van der Waals surface area contributed by atoms with Crippen molar-refractivity contribution in [3.63, 3.8) is 0 Å². The number of hydrogen-bond acceptors (Lipinski definition) is 5. The molecule has 4 rings (SSSR count). The van der Waals surface area contributed by atoms with Gasteiger partial charge in [-0.1, -0.05) is 80.4 Å². The summed E-state index contributed by atoms with van der Waals surface area (Å²) in [7, 11) is 0. The van der Waals surface area contributed by atoms with Crippen LogP contribution in [0.1, 0.15) is 44.5 Å². The van der Waals surface area contributed by atoms with E-state index in [1.165, 1.54) is 0 Å². The van der Waals surface area contributed by atoms with Crippen molar-refractivity contribution in [1.82, 2.24) is 35.0 Å². The van der Waals surface area contributed by atoms with Gasteiger partial charge in [0.25, 0.3) is 0 Å². The fraction of sp³-hybridized carbons (Fsp3) is 0.320. The van der Waals surface area contributed by atoms with Gasteiger partial charge in [-0.15, -0.1) is 10.2 Å². The van der Waals surface area contributed by atoms with Crippen LogP contribution in [0, 0.1) is 0 Å². The van der Waals surface area contributed by atoms with Crippen LogP contribution in [-0.2, 0) is 19.5 Å². The number of aromatic amines is 1. The zero-order chi connectivity index (χ0) is 23.0. The Balaban J connectivity index is 1.60. The molecule has 4 aromatic rings. The summed E-state index contributed by atoms with van der Waals surface area (Å²) in [5.41, 5.74) is 3.99. The fourth-order valence-electron chi connectivity index (χ4n) is 3.86. The van der Waals surface area contributed by atoms with Crippen LogP contribution in [0.25, 0.3) is 22.5 Å². The fourth-order valence-corrected chi connectivity index (χ4v) is 3.86. The van der Waals surface area contributed by atoms with Gasteiger partial charge < -0.3 is 0 Å². The molecule has 0 spiro atoms. The molecule has 0 amide bonds. The first-order valence-electron chi connectivity index (χ1n) is 11.4. The van der Waals surface area contributed by atoms with Gasteiger partial charge in [-0.25, -0.2) is 9.48 Å². The first-order chi connectivity index (χ1) is 16.2. The number of unbranched alkanes of at least 4 members (excludes halogenated alkanes) is 2. The van der Waals surface area contributed by atoms with E-state index < -0.39 is 0 Å². The number of hydrogen-bond donors (Lipinski definition) is 1. The van der Waals surface area contributed by atoms with Gasteiger partial charge in [0.05, 0.1) is 13.1 Å². The minimum Gasteiger partial charge on any atom is -0.274 e. The maximum atomic E-state index is 13.0. The topological polar surface area (TPSA) is 94.3 Å². The number of nitrogens with zero attached hydrogens (tertiary/aromatic N) is 6. The largest absolute Gasteiger partial charge is 0.346 e. The molecule has 0 atom stereocenters. The first kappa shape index (κ1) is 22.4. The van der Waals surface area contributed by atoms with Gasteiger partial charge in [0.2, 0.25) is 5.82 Å². The summed E-state index contributed by atoms with van der Waals surface area (Å²) in [6, 6.07) is 16.2. The molecule has 0 saturated heterocycles. The lowest BCUT2D eigenvalue weighted by Gasteiger charge is -2.09. The standard InChI is InChI=1S/C25H29N7O/c1-3-5-7-12-23-28-32(17-6-4-2)25(33)31(23)18-19-13-15-20(16-14-19)21-10-8-9-11-22(21)24-26-29-30-27-24/h4,6,8-11,13-16H,3,5,7,12,17-18H2,1-2H3,(H,26,27,29,30)/b6-4+. The maximum absolute atomic E-state index is 13.0. The molecule has 2 aromatic heterocycles. The molecule has 8 heteroatoms. The number of nitrogens with one attached hydrogen (secondary N) is 1. The lowest BCUT2D eigenvalue weighted by molar-refractivity contribution is 0.643. The second-order valence-corrected chi connectivity index (χ2v) is 7.97. The summed E-state index contributed by atoms with van der Waals surface area (Å²) in [6.07, 6.45) is 7.99. The van der Waals surface area contributed by atoms with Crippen molar-refractivity contribution in [1.29, 1.82) is 0 Å². The zero-order valence-corrected chi connectivity index (χ0v) is 19.1. The molecular formula is C25H29N7O. The van der Waals surface area contributed by atoms with E-state index in [0.717, 1.165) is 53.8 Å². The van der Waals surface area contributed by atoms with E-state index >= 15 is 0 Å². The van der Waals surface area contributed by atoms with Gasteiger partial charge in [0.1, 0.15) is 5.82 Å². The highest BCUT2D eigenvalue weighted by molar-refractivity contribution is 5.80. The van der Waals surface area contributed by atoms with Crippen molar-refractivity contribution in [2.45, 2.75) is 52.6 Å². The van der Waals surface area contributed by atoms with Crippen molar-refractivity contribution in [3.8, 4) is 22.5 Å². The van der Waals surface area contributed by atoms with Gasteiger partial charge in [-0.05, 0) is 35.2 Å². The van der Waals surface area contributed by atoms with Crippen LogP contribution in [-0.4, -0.2) is 35.0 Å². The molecule has 170 valence electrons. The van der Waals surface area contributed by atoms with Gasteiger partial charge in [0.15, 0.2) is 0 Å². The Bertz CT molecular complexity index is 1250. The lowest BCUT2D eigenvalue weighted by Crippen LogP contribution is -2.25. The van der Waals surface area contributed by atoms with Crippen LogP contribution in [0.15, 0.2) is 65.5 Å². The highest BCUT2D eigenvalue weighted by Gasteiger charge is 2.14. The normalized spacial score (nSPS) is 11.5. The van der Waals surface area contributed by atoms with Crippen LogP contribution in [0.4, 0.5) is 0 Å². The van der Waals surface area contributed by atoms with Crippen molar-refractivity contribution >= 4 is 0 Å². The Kier molecular flexibility index (Phi) is 7.24. The Morgan fingerprint density at radius 1 is 1.03 bits per heavy atom. The predicted octanol–water partition coefficient (Wildman–Crippen LogP) is 4.25. The average molecular weight is 444 g/mol. The van der Waals surface area contributed by atoms with E-state index in [4.69, 9.17) is 0 Å². The SMILES string of the molecule is C/C=C/Cn1nc(CCCCC)n(Cc2ccc(-c3ccccc3-c3nn[nH]n3)cc2)c1=O. The molecule has 33 heavy (non-hydrogen) atoms. The smallest absolute Gasteiger partial charge is 0.274 e. The zero-order valence-electron chi connectivity index (χ0n) is 19.1. The number of benzene rings is 2. The van der Waals surface area contributed by atoms with E-state index in [9.17, 15) is 4.79 Å². The number of rotatable bonds is 10. The number of H-pyrrole nitrogens is 1. The van der Waals surface area contributed by atoms with E-state index in [1.807, 2.05) is 43.3 Å². The Hall–Kier alpha value is -3.81. The Morgan fingerprint density at radius 2 is 1.82 bits per heavy atom. The van der Waals surface area contributed by atoms with Gasteiger partial charge in [0, 0.05) is 12.0 Å². The summed E-state index contributed by atoms with van der Waals surface area (Å²) in [6.45, 7) is 5.12. The van der Waals surface area contributed by atoms with Gasteiger partial charge in [-0.3, -0.25) is 4.57 Å².